The van der Waals surface area contributed by atoms with E-state index in [1.807, 2.05) is 31.2 Å². The Morgan fingerprint density at radius 1 is 1.29 bits per heavy atom. The van der Waals surface area contributed by atoms with Gasteiger partial charge in [-0.15, -0.1) is 0 Å². The number of nitrogens with one attached hydrogen (secondary N) is 1. The van der Waals surface area contributed by atoms with Crippen molar-refractivity contribution in [3.05, 3.63) is 54.0 Å². The number of carbonyl (C=O) groups is 1. The van der Waals surface area contributed by atoms with E-state index in [-0.39, 0.29) is 11.9 Å². The summed E-state index contributed by atoms with van der Waals surface area (Å²) >= 11 is 0. The number of hydrogen-bond donors (Lipinski definition) is 2. The number of nitrogens with two attached hydrogens (primary N) is 1. The third kappa shape index (κ3) is 4.10. The van der Waals surface area contributed by atoms with Crippen molar-refractivity contribution in [2.75, 3.05) is 0 Å². The van der Waals surface area contributed by atoms with Gasteiger partial charge >= 0.3 is 0 Å². The number of rotatable bonds is 6. The molecule has 1 aromatic carbocycles. The molecule has 0 aliphatic rings. The van der Waals surface area contributed by atoms with Gasteiger partial charge in [-0.1, -0.05) is 18.2 Å². The zero-order valence-electron chi connectivity index (χ0n) is 12.2. The Balaban J connectivity index is 1.94. The molecule has 2 rings (SSSR count). The molecule has 112 valence electrons. The minimum atomic E-state index is -0.611. The Morgan fingerprint density at radius 3 is 2.71 bits per heavy atom. The maximum Gasteiger partial charge on any atom is 0.261 e. The van der Waals surface area contributed by atoms with Crippen LogP contribution in [0, 0.1) is 0 Å². The first-order valence-electron chi connectivity index (χ1n) is 6.89. The molecule has 1 amide bonds. The molecular formula is C16H20N2O3. The predicted molar refractivity (Wildman–Crippen MR) is 79.7 cm³/mol. The summed E-state index contributed by atoms with van der Waals surface area (Å²) in [7, 11) is 0. The summed E-state index contributed by atoms with van der Waals surface area (Å²) in [6.45, 7) is 3.92. The van der Waals surface area contributed by atoms with Crippen molar-refractivity contribution < 1.29 is 13.9 Å². The molecule has 3 N–H and O–H groups in total. The summed E-state index contributed by atoms with van der Waals surface area (Å²) in [5.41, 5.74) is 6.77. The number of benzene rings is 1. The lowest BCUT2D eigenvalue weighted by atomic mass is 10.1. The first-order valence-corrected chi connectivity index (χ1v) is 6.89. The molecular weight excluding hydrogens is 268 g/mol. The molecule has 0 bridgehead atoms. The minimum Gasteiger partial charge on any atom is -0.481 e. The summed E-state index contributed by atoms with van der Waals surface area (Å²) in [6.07, 6.45) is 0.959. The topological polar surface area (TPSA) is 77.5 Å². The zero-order chi connectivity index (χ0) is 15.2. The van der Waals surface area contributed by atoms with Crippen LogP contribution >= 0.6 is 0 Å². The van der Waals surface area contributed by atoms with Crippen molar-refractivity contribution in [1.29, 1.82) is 0 Å². The number of hydrogen-bond acceptors (Lipinski definition) is 4. The van der Waals surface area contributed by atoms with Crippen molar-refractivity contribution in [3.8, 4) is 5.75 Å². The molecule has 0 fully saturated rings. The number of furan rings is 1. The second-order valence-electron chi connectivity index (χ2n) is 4.88. The normalized spacial score (nSPS) is 13.5. The van der Waals surface area contributed by atoms with Gasteiger partial charge in [0, 0.05) is 11.6 Å². The fourth-order valence-electron chi connectivity index (χ4n) is 1.94. The Bertz CT molecular complexity index is 579. The van der Waals surface area contributed by atoms with E-state index in [4.69, 9.17) is 14.9 Å². The van der Waals surface area contributed by atoms with Gasteiger partial charge in [0.05, 0.1) is 12.8 Å². The van der Waals surface area contributed by atoms with Crippen LogP contribution in [0.2, 0.25) is 0 Å². The van der Waals surface area contributed by atoms with E-state index in [2.05, 4.69) is 5.32 Å². The molecule has 5 heteroatoms. The molecule has 2 aromatic rings. The van der Waals surface area contributed by atoms with Crippen LogP contribution in [0.4, 0.5) is 0 Å². The van der Waals surface area contributed by atoms with Crippen molar-refractivity contribution >= 4 is 5.91 Å². The quantitative estimate of drug-likeness (QED) is 0.855. The summed E-state index contributed by atoms with van der Waals surface area (Å²) in [6, 6.07) is 10.9. The van der Waals surface area contributed by atoms with Crippen LogP contribution in [0.1, 0.15) is 31.2 Å². The smallest absolute Gasteiger partial charge is 0.261 e. The summed E-state index contributed by atoms with van der Waals surface area (Å²) in [5, 5.41) is 2.76. The largest absolute Gasteiger partial charge is 0.481 e. The van der Waals surface area contributed by atoms with Crippen LogP contribution in [0.3, 0.4) is 0 Å². The average molecular weight is 288 g/mol. The standard InChI is InChI=1S/C16H20N2O3/c1-11(17)14-7-3-4-8-15(14)21-12(2)16(19)18-10-13-6-5-9-20-13/h3-9,11-12H,10,17H2,1-2H3,(H,18,19)/t11-,12?/m0/s1. The van der Waals surface area contributed by atoms with Gasteiger partial charge in [-0.2, -0.15) is 0 Å². The van der Waals surface area contributed by atoms with E-state index in [0.717, 1.165) is 5.56 Å². The van der Waals surface area contributed by atoms with Gasteiger partial charge in [-0.3, -0.25) is 4.79 Å². The Kier molecular flexibility index (Phi) is 5.00. The molecule has 2 atom stereocenters. The lowest BCUT2D eigenvalue weighted by molar-refractivity contribution is -0.127. The number of ether oxygens (including phenoxy) is 1. The summed E-state index contributed by atoms with van der Waals surface area (Å²) < 4.78 is 10.9. The lowest BCUT2D eigenvalue weighted by Crippen LogP contribution is -2.36. The maximum atomic E-state index is 12.0. The van der Waals surface area contributed by atoms with Crippen LogP contribution in [-0.4, -0.2) is 12.0 Å². The molecule has 5 nitrogen and oxygen atoms in total. The maximum absolute atomic E-state index is 12.0. The van der Waals surface area contributed by atoms with Gasteiger partial charge in [-0.05, 0) is 32.0 Å². The van der Waals surface area contributed by atoms with E-state index >= 15 is 0 Å². The molecule has 21 heavy (non-hydrogen) atoms. The fourth-order valence-corrected chi connectivity index (χ4v) is 1.94. The van der Waals surface area contributed by atoms with Gasteiger partial charge in [0.1, 0.15) is 11.5 Å². The Hall–Kier alpha value is -2.27. The van der Waals surface area contributed by atoms with Crippen LogP contribution in [0.15, 0.2) is 47.1 Å². The van der Waals surface area contributed by atoms with Crippen molar-refractivity contribution in [2.45, 2.75) is 32.5 Å². The lowest BCUT2D eigenvalue weighted by Gasteiger charge is -2.18. The zero-order valence-corrected chi connectivity index (χ0v) is 12.2. The van der Waals surface area contributed by atoms with E-state index < -0.39 is 6.10 Å². The molecule has 0 saturated heterocycles. The Morgan fingerprint density at radius 2 is 2.05 bits per heavy atom. The van der Waals surface area contributed by atoms with E-state index in [1.54, 1.807) is 25.3 Å². The molecule has 0 spiro atoms. The highest BCUT2D eigenvalue weighted by molar-refractivity contribution is 5.80. The molecule has 1 heterocycles. The molecule has 0 aliphatic carbocycles. The van der Waals surface area contributed by atoms with Crippen LogP contribution in [0.5, 0.6) is 5.75 Å². The van der Waals surface area contributed by atoms with Gasteiger partial charge < -0.3 is 20.2 Å². The predicted octanol–water partition coefficient (Wildman–Crippen LogP) is 2.38. The van der Waals surface area contributed by atoms with Gasteiger partial charge in [0.15, 0.2) is 6.10 Å². The highest BCUT2D eigenvalue weighted by atomic mass is 16.5. The molecule has 0 aliphatic heterocycles. The fraction of sp³-hybridized carbons (Fsp3) is 0.312. The minimum absolute atomic E-state index is 0.153. The summed E-state index contributed by atoms with van der Waals surface area (Å²) in [5.74, 6) is 1.13. The van der Waals surface area contributed by atoms with E-state index in [0.29, 0.717) is 18.1 Å². The van der Waals surface area contributed by atoms with Crippen molar-refractivity contribution in [2.24, 2.45) is 5.73 Å². The second-order valence-corrected chi connectivity index (χ2v) is 4.88. The Labute approximate surface area is 124 Å². The number of carbonyl (C=O) groups excluding carboxylic acids is 1. The third-order valence-electron chi connectivity index (χ3n) is 3.10. The third-order valence-corrected chi connectivity index (χ3v) is 3.10. The second kappa shape index (κ2) is 6.95. The van der Waals surface area contributed by atoms with Gasteiger partial charge in [0.25, 0.3) is 5.91 Å². The van der Waals surface area contributed by atoms with Crippen molar-refractivity contribution in [1.82, 2.24) is 5.32 Å². The number of para-hydroxylation sites is 1. The highest BCUT2D eigenvalue weighted by Crippen LogP contribution is 2.24. The van der Waals surface area contributed by atoms with E-state index in [1.165, 1.54) is 0 Å². The first kappa shape index (κ1) is 15.1. The SMILES string of the molecule is CC(Oc1ccccc1[C@H](C)N)C(=O)NCc1ccco1. The van der Waals surface area contributed by atoms with Crippen LogP contribution in [0.25, 0.3) is 0 Å². The average Bonchev–Trinajstić information content (AvgIpc) is 2.98. The first-order chi connectivity index (χ1) is 10.1. The molecule has 1 unspecified atom stereocenters. The molecule has 0 saturated carbocycles. The molecule has 1 aromatic heterocycles. The monoisotopic (exact) mass is 288 g/mol. The highest BCUT2D eigenvalue weighted by Gasteiger charge is 2.17. The van der Waals surface area contributed by atoms with Crippen molar-refractivity contribution in [3.63, 3.8) is 0 Å². The van der Waals surface area contributed by atoms with Gasteiger partial charge in [0.2, 0.25) is 0 Å². The summed E-state index contributed by atoms with van der Waals surface area (Å²) in [4.78, 5) is 12.0. The van der Waals surface area contributed by atoms with E-state index in [9.17, 15) is 4.79 Å². The molecule has 0 radical (unpaired) electrons. The van der Waals surface area contributed by atoms with Gasteiger partial charge in [-0.25, -0.2) is 0 Å². The van der Waals surface area contributed by atoms with Crippen LogP contribution in [-0.2, 0) is 11.3 Å². The van der Waals surface area contributed by atoms with Crippen LogP contribution < -0.4 is 15.8 Å². The number of amides is 1.